The second-order valence-corrected chi connectivity index (χ2v) is 7.47. The summed E-state index contributed by atoms with van der Waals surface area (Å²) in [5.41, 5.74) is 0.107. The van der Waals surface area contributed by atoms with Gasteiger partial charge in [-0.15, -0.1) is 0 Å². The lowest BCUT2D eigenvalue weighted by molar-refractivity contribution is -0.152. The maximum atomic E-state index is 12.4. The fraction of sp³-hybridized carbons (Fsp3) is 0.579. The van der Waals surface area contributed by atoms with Crippen molar-refractivity contribution in [1.29, 1.82) is 5.26 Å². The molecule has 1 aromatic rings. The summed E-state index contributed by atoms with van der Waals surface area (Å²) < 4.78 is 11.5. The molecule has 3 rings (SSSR count). The predicted octanol–water partition coefficient (Wildman–Crippen LogP) is 2.80. The van der Waals surface area contributed by atoms with Crippen LogP contribution >= 0.6 is 0 Å². The molecule has 24 heavy (non-hydrogen) atoms. The summed E-state index contributed by atoms with van der Waals surface area (Å²) >= 11 is 0. The number of Topliss-reactive ketones (excluding diaryl/α,β-unsaturated/α-hetero) is 1. The number of ether oxygens (including phenoxy) is 2. The molecule has 1 spiro atoms. The van der Waals surface area contributed by atoms with E-state index in [1.54, 1.807) is 7.11 Å². The van der Waals surface area contributed by atoms with Crippen molar-refractivity contribution in [1.82, 2.24) is 0 Å². The summed E-state index contributed by atoms with van der Waals surface area (Å²) in [6.07, 6.45) is 1.13. The summed E-state index contributed by atoms with van der Waals surface area (Å²) in [4.78, 5) is 14.7. The Kier molecular flexibility index (Phi) is 4.27. The Hall–Kier alpha value is -2.06. The molecule has 2 unspecified atom stereocenters. The number of nitrogens with zero attached hydrogens (tertiary/aromatic N) is 2. The minimum absolute atomic E-state index is 0.0396. The van der Waals surface area contributed by atoms with Crippen molar-refractivity contribution in [3.05, 3.63) is 24.3 Å². The maximum Gasteiger partial charge on any atom is 0.155 e. The molecule has 0 radical (unpaired) electrons. The van der Waals surface area contributed by atoms with Crippen molar-refractivity contribution >= 4 is 11.5 Å². The summed E-state index contributed by atoms with van der Waals surface area (Å²) in [6.45, 7) is 5.93. The molecule has 2 fully saturated rings. The molecule has 1 aromatic carbocycles. The second kappa shape index (κ2) is 6.10. The molecule has 0 aromatic heterocycles. The van der Waals surface area contributed by atoms with Crippen LogP contribution in [-0.2, 0) is 9.53 Å². The summed E-state index contributed by atoms with van der Waals surface area (Å²) in [5, 5.41) is 9.40. The van der Waals surface area contributed by atoms with E-state index in [0.717, 1.165) is 18.0 Å². The van der Waals surface area contributed by atoms with Gasteiger partial charge in [0.2, 0.25) is 0 Å². The van der Waals surface area contributed by atoms with Gasteiger partial charge >= 0.3 is 0 Å². The van der Waals surface area contributed by atoms with Crippen molar-refractivity contribution < 1.29 is 14.3 Å². The Morgan fingerprint density at radius 3 is 2.92 bits per heavy atom. The molecule has 0 amide bonds. The van der Waals surface area contributed by atoms with E-state index < -0.39 is 16.9 Å². The number of morpholine rings is 1. The number of hydrogen-bond acceptors (Lipinski definition) is 5. The first-order valence-electron chi connectivity index (χ1n) is 8.36. The van der Waals surface area contributed by atoms with Gasteiger partial charge in [-0.25, -0.2) is 0 Å². The number of anilines is 1. The fourth-order valence-corrected chi connectivity index (χ4v) is 4.11. The Morgan fingerprint density at radius 1 is 1.42 bits per heavy atom. The van der Waals surface area contributed by atoms with Crippen molar-refractivity contribution in [3.63, 3.8) is 0 Å². The van der Waals surface area contributed by atoms with E-state index in [1.807, 2.05) is 32.0 Å². The van der Waals surface area contributed by atoms with Gasteiger partial charge in [0, 0.05) is 36.7 Å². The van der Waals surface area contributed by atoms with Gasteiger partial charge in [-0.2, -0.15) is 5.26 Å². The zero-order valence-electron chi connectivity index (χ0n) is 14.5. The molecule has 2 aliphatic rings. The molecule has 5 nitrogen and oxygen atoms in total. The number of methoxy groups -OCH3 is 1. The SMILES string of the molecule is COc1cccc(N2CCOC3(CC(C#N)C(=O)C(C)(C)C3)C2)c1. The lowest BCUT2D eigenvalue weighted by Crippen LogP contribution is -2.59. The van der Waals surface area contributed by atoms with E-state index >= 15 is 0 Å². The molecule has 1 aliphatic carbocycles. The highest BCUT2D eigenvalue weighted by molar-refractivity contribution is 5.89. The van der Waals surface area contributed by atoms with Crippen LogP contribution in [0, 0.1) is 22.7 Å². The van der Waals surface area contributed by atoms with Crippen LogP contribution in [-0.4, -0.2) is 38.2 Å². The molecule has 1 heterocycles. The third-order valence-corrected chi connectivity index (χ3v) is 5.15. The number of hydrogen-bond donors (Lipinski definition) is 0. The molecule has 0 N–H and O–H groups in total. The average molecular weight is 328 g/mol. The van der Waals surface area contributed by atoms with Crippen LogP contribution in [0.1, 0.15) is 26.7 Å². The van der Waals surface area contributed by atoms with E-state index in [-0.39, 0.29) is 5.78 Å². The van der Waals surface area contributed by atoms with Crippen LogP contribution in [0.3, 0.4) is 0 Å². The van der Waals surface area contributed by atoms with E-state index in [9.17, 15) is 10.1 Å². The van der Waals surface area contributed by atoms with Crippen molar-refractivity contribution in [2.24, 2.45) is 11.3 Å². The number of rotatable bonds is 2. The molecule has 1 aliphatic heterocycles. The molecular formula is C19H24N2O3. The quantitative estimate of drug-likeness (QED) is 0.835. The number of nitriles is 1. The van der Waals surface area contributed by atoms with E-state index in [1.165, 1.54) is 0 Å². The van der Waals surface area contributed by atoms with Crippen LogP contribution in [0.2, 0.25) is 0 Å². The van der Waals surface area contributed by atoms with Crippen molar-refractivity contribution in [3.8, 4) is 11.8 Å². The van der Waals surface area contributed by atoms with E-state index in [0.29, 0.717) is 26.0 Å². The molecule has 5 heteroatoms. The lowest BCUT2D eigenvalue weighted by Gasteiger charge is -2.50. The first kappa shape index (κ1) is 16.8. The van der Waals surface area contributed by atoms with Crippen molar-refractivity contribution in [2.75, 3.05) is 31.7 Å². The molecule has 2 atom stereocenters. The van der Waals surface area contributed by atoms with E-state index in [2.05, 4.69) is 17.0 Å². The topological polar surface area (TPSA) is 62.6 Å². The molecule has 1 saturated heterocycles. The predicted molar refractivity (Wildman–Crippen MR) is 91.0 cm³/mol. The fourth-order valence-electron chi connectivity index (χ4n) is 4.11. The number of carbonyl (C=O) groups is 1. The summed E-state index contributed by atoms with van der Waals surface area (Å²) in [5.74, 6) is 0.277. The first-order valence-corrected chi connectivity index (χ1v) is 8.36. The van der Waals surface area contributed by atoms with Crippen molar-refractivity contribution in [2.45, 2.75) is 32.3 Å². The molecule has 0 bridgehead atoms. The van der Waals surface area contributed by atoms with Gasteiger partial charge < -0.3 is 14.4 Å². The Labute approximate surface area is 143 Å². The normalized spacial score (nSPS) is 29.3. The minimum Gasteiger partial charge on any atom is -0.497 e. The van der Waals surface area contributed by atoms with Gasteiger partial charge in [-0.05, 0) is 18.6 Å². The Morgan fingerprint density at radius 2 is 2.21 bits per heavy atom. The van der Waals surface area contributed by atoms with Gasteiger partial charge in [0.15, 0.2) is 5.78 Å². The monoisotopic (exact) mass is 328 g/mol. The number of carbonyl (C=O) groups excluding carboxylic acids is 1. The van der Waals surface area contributed by atoms with Crippen LogP contribution < -0.4 is 9.64 Å². The van der Waals surface area contributed by atoms with E-state index in [4.69, 9.17) is 9.47 Å². The third-order valence-electron chi connectivity index (χ3n) is 5.15. The maximum absolute atomic E-state index is 12.4. The lowest BCUT2D eigenvalue weighted by atomic mass is 9.64. The Bertz CT molecular complexity index is 679. The summed E-state index contributed by atoms with van der Waals surface area (Å²) in [7, 11) is 1.66. The molecular weight excluding hydrogens is 304 g/mol. The largest absolute Gasteiger partial charge is 0.497 e. The zero-order chi connectivity index (χ0) is 17.4. The van der Waals surface area contributed by atoms with Gasteiger partial charge in [0.05, 0.1) is 25.4 Å². The first-order chi connectivity index (χ1) is 11.4. The number of benzene rings is 1. The summed E-state index contributed by atoms with van der Waals surface area (Å²) in [6, 6.07) is 10.2. The third kappa shape index (κ3) is 2.99. The van der Waals surface area contributed by atoms with Crippen LogP contribution in [0.25, 0.3) is 0 Å². The number of ketones is 1. The molecule has 128 valence electrons. The zero-order valence-corrected chi connectivity index (χ0v) is 14.5. The van der Waals surface area contributed by atoms with Crippen LogP contribution in [0.4, 0.5) is 5.69 Å². The van der Waals surface area contributed by atoms with Crippen LogP contribution in [0.15, 0.2) is 24.3 Å². The highest BCUT2D eigenvalue weighted by atomic mass is 16.5. The Balaban J connectivity index is 1.86. The van der Waals surface area contributed by atoms with Gasteiger partial charge in [-0.3, -0.25) is 4.79 Å². The van der Waals surface area contributed by atoms with Crippen LogP contribution in [0.5, 0.6) is 5.75 Å². The van der Waals surface area contributed by atoms with Gasteiger partial charge in [0.25, 0.3) is 0 Å². The molecule has 1 saturated carbocycles. The van der Waals surface area contributed by atoms with Gasteiger partial charge in [0.1, 0.15) is 11.7 Å². The average Bonchev–Trinajstić information content (AvgIpc) is 2.58. The van der Waals surface area contributed by atoms with Gasteiger partial charge in [-0.1, -0.05) is 19.9 Å². The highest BCUT2D eigenvalue weighted by Crippen LogP contribution is 2.45. The highest BCUT2D eigenvalue weighted by Gasteiger charge is 2.52. The smallest absolute Gasteiger partial charge is 0.155 e. The standard InChI is InChI=1S/C19H24N2O3/c1-18(2)12-19(10-14(11-20)17(18)22)13-21(7-8-24-19)15-5-4-6-16(9-15)23-3/h4-6,9,14H,7-8,10,12-13H2,1-3H3. The minimum atomic E-state index is -0.584. The second-order valence-electron chi connectivity index (χ2n) is 7.47.